The Kier molecular flexibility index (Phi) is 5.93. The molecule has 0 atom stereocenters. The maximum Gasteiger partial charge on any atom is 0.305 e. The molecule has 138 valence electrons. The molecule has 9 heteroatoms. The van der Waals surface area contributed by atoms with Crippen LogP contribution in [0.5, 0.6) is 0 Å². The molecule has 0 bridgehead atoms. The summed E-state index contributed by atoms with van der Waals surface area (Å²) in [5, 5.41) is 19.9. The first-order chi connectivity index (χ1) is 12.3. The van der Waals surface area contributed by atoms with Crippen LogP contribution in [-0.2, 0) is 21.2 Å². The number of carbonyl (C=O) groups is 1. The first-order valence-corrected chi connectivity index (χ1v) is 9.27. The molecule has 0 amide bonds. The van der Waals surface area contributed by atoms with Crippen molar-refractivity contribution in [3.8, 4) is 0 Å². The third-order valence-electron chi connectivity index (χ3n) is 3.78. The summed E-state index contributed by atoms with van der Waals surface area (Å²) in [6, 6.07) is 11.4. The maximum atomic E-state index is 13.0. The predicted molar refractivity (Wildman–Crippen MR) is 95.7 cm³/mol. The Hall–Kier alpha value is -2.94. The van der Waals surface area contributed by atoms with Gasteiger partial charge in [-0.3, -0.25) is 19.2 Å². The second-order valence-corrected chi connectivity index (χ2v) is 7.36. The fraction of sp³-hybridized carbons (Fsp3) is 0.235. The summed E-state index contributed by atoms with van der Waals surface area (Å²) in [6.45, 7) is 1.67. The van der Waals surface area contributed by atoms with E-state index in [9.17, 15) is 23.3 Å². The van der Waals surface area contributed by atoms with Crippen molar-refractivity contribution in [3.05, 3.63) is 64.2 Å². The van der Waals surface area contributed by atoms with Crippen molar-refractivity contribution < 1.29 is 23.2 Å². The zero-order valence-corrected chi connectivity index (χ0v) is 14.8. The summed E-state index contributed by atoms with van der Waals surface area (Å²) < 4.78 is 26.9. The van der Waals surface area contributed by atoms with Gasteiger partial charge in [-0.15, -0.1) is 0 Å². The van der Waals surface area contributed by atoms with Crippen molar-refractivity contribution in [3.63, 3.8) is 0 Å². The number of carboxylic acid groups (broad SMARTS) is 1. The minimum atomic E-state index is -4.16. The number of nitro groups is 1. The molecular weight excluding hydrogens is 360 g/mol. The lowest BCUT2D eigenvalue weighted by Crippen LogP contribution is -2.33. The summed E-state index contributed by atoms with van der Waals surface area (Å²) in [6.07, 6.45) is 0.372. The summed E-state index contributed by atoms with van der Waals surface area (Å²) in [5.74, 6) is -1.14. The smallest absolute Gasteiger partial charge is 0.305 e. The van der Waals surface area contributed by atoms with Crippen molar-refractivity contribution in [2.75, 3.05) is 10.8 Å². The number of nitro benzene ring substituents is 1. The Morgan fingerprint density at radius 3 is 2.38 bits per heavy atom. The van der Waals surface area contributed by atoms with Crippen molar-refractivity contribution in [1.29, 1.82) is 0 Å². The molecule has 0 unspecified atom stereocenters. The van der Waals surface area contributed by atoms with Gasteiger partial charge in [0.2, 0.25) is 0 Å². The molecule has 0 spiro atoms. The first kappa shape index (κ1) is 19.4. The standard InChI is InChI=1S/C17H18N2O6S/c1-2-13-6-8-14(9-7-13)18(11-10-17(20)21)26(24,25)16-5-3-4-15(12-16)19(22)23/h3-9,12H,2,10-11H2,1H3,(H,20,21). The Morgan fingerprint density at radius 1 is 1.19 bits per heavy atom. The molecule has 0 saturated heterocycles. The fourth-order valence-electron chi connectivity index (χ4n) is 2.37. The van der Waals surface area contributed by atoms with E-state index < -0.39 is 27.3 Å². The van der Waals surface area contributed by atoms with E-state index >= 15 is 0 Å². The van der Waals surface area contributed by atoms with Crippen LogP contribution in [0.4, 0.5) is 11.4 Å². The highest BCUT2D eigenvalue weighted by Crippen LogP contribution is 2.26. The van der Waals surface area contributed by atoms with Crippen LogP contribution < -0.4 is 4.31 Å². The Balaban J connectivity index is 2.49. The molecule has 0 radical (unpaired) electrons. The summed E-state index contributed by atoms with van der Waals surface area (Å²) in [7, 11) is -4.16. The molecular formula is C17H18N2O6S. The van der Waals surface area contributed by atoms with E-state index in [0.29, 0.717) is 5.69 Å². The highest BCUT2D eigenvalue weighted by atomic mass is 32.2. The van der Waals surface area contributed by atoms with Crippen LogP contribution >= 0.6 is 0 Å². The van der Waals surface area contributed by atoms with Crippen LogP contribution in [0.15, 0.2) is 53.4 Å². The highest BCUT2D eigenvalue weighted by Gasteiger charge is 2.27. The topological polar surface area (TPSA) is 118 Å². The molecule has 0 heterocycles. The predicted octanol–water partition coefficient (Wildman–Crippen LogP) is 2.83. The molecule has 0 aliphatic rings. The van der Waals surface area contributed by atoms with E-state index in [4.69, 9.17) is 5.11 Å². The zero-order valence-electron chi connectivity index (χ0n) is 14.0. The monoisotopic (exact) mass is 378 g/mol. The molecule has 26 heavy (non-hydrogen) atoms. The Labute approximate surface area is 150 Å². The molecule has 1 N–H and O–H groups in total. The number of anilines is 1. The number of nitrogens with zero attached hydrogens (tertiary/aromatic N) is 2. The number of benzene rings is 2. The van der Waals surface area contributed by atoms with Gasteiger partial charge < -0.3 is 5.11 Å². The van der Waals surface area contributed by atoms with Gasteiger partial charge in [-0.05, 0) is 30.2 Å². The van der Waals surface area contributed by atoms with E-state index in [1.165, 1.54) is 18.2 Å². The number of sulfonamides is 1. The van der Waals surface area contributed by atoms with Crippen molar-refractivity contribution in [2.45, 2.75) is 24.7 Å². The average molecular weight is 378 g/mol. The van der Waals surface area contributed by atoms with E-state index in [1.54, 1.807) is 24.3 Å². The SMILES string of the molecule is CCc1ccc(N(CCC(=O)O)S(=O)(=O)c2cccc([N+](=O)[O-])c2)cc1. The number of aliphatic carboxylic acids is 1. The third-order valence-corrected chi connectivity index (χ3v) is 5.60. The zero-order chi connectivity index (χ0) is 19.3. The molecule has 2 aromatic carbocycles. The van der Waals surface area contributed by atoms with Gasteiger partial charge in [0.25, 0.3) is 15.7 Å². The third kappa shape index (κ3) is 4.37. The largest absolute Gasteiger partial charge is 0.481 e. The summed E-state index contributed by atoms with van der Waals surface area (Å²) >= 11 is 0. The molecule has 2 rings (SSSR count). The number of non-ortho nitro benzene ring substituents is 1. The van der Waals surface area contributed by atoms with Gasteiger partial charge in [0.05, 0.1) is 21.9 Å². The maximum absolute atomic E-state index is 13.0. The number of rotatable bonds is 8. The first-order valence-electron chi connectivity index (χ1n) is 7.83. The van der Waals surface area contributed by atoms with Gasteiger partial charge in [0.15, 0.2) is 0 Å². The quantitative estimate of drug-likeness (QED) is 0.557. The fourth-order valence-corrected chi connectivity index (χ4v) is 3.87. The molecule has 0 aliphatic carbocycles. The van der Waals surface area contributed by atoms with Crippen LogP contribution in [0.1, 0.15) is 18.9 Å². The van der Waals surface area contributed by atoms with Gasteiger partial charge in [-0.25, -0.2) is 8.42 Å². The minimum Gasteiger partial charge on any atom is -0.481 e. The van der Waals surface area contributed by atoms with E-state index in [2.05, 4.69) is 0 Å². The molecule has 0 fully saturated rings. The van der Waals surface area contributed by atoms with Gasteiger partial charge >= 0.3 is 5.97 Å². The van der Waals surface area contributed by atoms with Crippen LogP contribution in [0.25, 0.3) is 0 Å². The van der Waals surface area contributed by atoms with Gasteiger partial charge in [-0.1, -0.05) is 25.1 Å². The van der Waals surface area contributed by atoms with E-state index in [0.717, 1.165) is 22.4 Å². The average Bonchev–Trinajstić information content (AvgIpc) is 2.62. The Bertz CT molecular complexity index is 909. The summed E-state index contributed by atoms with van der Waals surface area (Å²) in [4.78, 5) is 20.9. The normalized spacial score (nSPS) is 11.1. The Morgan fingerprint density at radius 2 is 1.85 bits per heavy atom. The molecule has 8 nitrogen and oxygen atoms in total. The van der Waals surface area contributed by atoms with Gasteiger partial charge in [-0.2, -0.15) is 0 Å². The molecule has 0 aliphatic heterocycles. The molecule has 2 aromatic rings. The number of hydrogen-bond donors (Lipinski definition) is 1. The lowest BCUT2D eigenvalue weighted by Gasteiger charge is -2.24. The minimum absolute atomic E-state index is 0.267. The van der Waals surface area contributed by atoms with Crippen molar-refractivity contribution in [1.82, 2.24) is 0 Å². The lowest BCUT2D eigenvalue weighted by atomic mass is 10.1. The van der Waals surface area contributed by atoms with Crippen molar-refractivity contribution >= 4 is 27.4 Å². The second-order valence-electron chi connectivity index (χ2n) is 5.50. The number of carboxylic acids is 1. The van der Waals surface area contributed by atoms with E-state index in [-0.39, 0.29) is 17.1 Å². The lowest BCUT2D eigenvalue weighted by molar-refractivity contribution is -0.385. The van der Waals surface area contributed by atoms with E-state index in [1.807, 2.05) is 6.92 Å². The van der Waals surface area contributed by atoms with Crippen molar-refractivity contribution in [2.24, 2.45) is 0 Å². The van der Waals surface area contributed by atoms with Gasteiger partial charge in [0.1, 0.15) is 0 Å². The molecule has 0 aromatic heterocycles. The summed E-state index contributed by atoms with van der Waals surface area (Å²) in [5.41, 5.74) is 0.945. The van der Waals surface area contributed by atoms with Crippen LogP contribution in [-0.4, -0.2) is 31.0 Å². The second kappa shape index (κ2) is 7.96. The van der Waals surface area contributed by atoms with Crippen LogP contribution in [0.2, 0.25) is 0 Å². The molecule has 0 saturated carbocycles. The van der Waals surface area contributed by atoms with Crippen LogP contribution in [0.3, 0.4) is 0 Å². The highest BCUT2D eigenvalue weighted by molar-refractivity contribution is 7.92. The number of hydrogen-bond acceptors (Lipinski definition) is 5. The number of aryl methyl sites for hydroxylation is 1. The van der Waals surface area contributed by atoms with Gasteiger partial charge in [0, 0.05) is 18.7 Å². The van der Waals surface area contributed by atoms with Crippen LogP contribution in [0, 0.1) is 10.1 Å².